The lowest BCUT2D eigenvalue weighted by Gasteiger charge is -2.33. The van der Waals surface area contributed by atoms with Gasteiger partial charge in [0, 0.05) is 43.2 Å². The van der Waals surface area contributed by atoms with Gasteiger partial charge in [0.05, 0.1) is 0 Å². The number of aromatic amines is 1. The van der Waals surface area contributed by atoms with Crippen molar-refractivity contribution in [1.82, 2.24) is 14.8 Å². The van der Waals surface area contributed by atoms with E-state index in [9.17, 15) is 9.59 Å². The van der Waals surface area contributed by atoms with Crippen LogP contribution in [0, 0.1) is 0 Å². The van der Waals surface area contributed by atoms with Crippen molar-refractivity contribution in [2.75, 3.05) is 6.54 Å². The van der Waals surface area contributed by atoms with Gasteiger partial charge in [-0.05, 0) is 35.6 Å². The Morgan fingerprint density at radius 2 is 1.82 bits per heavy atom. The molecule has 1 N–H and O–H groups in total. The minimum atomic E-state index is -0.355. The second kappa shape index (κ2) is 6.82. The molecule has 2 amide bonds. The van der Waals surface area contributed by atoms with Crippen molar-refractivity contribution in [2.24, 2.45) is 0 Å². The average Bonchev–Trinajstić information content (AvgIpc) is 3.31. The summed E-state index contributed by atoms with van der Waals surface area (Å²) in [4.78, 5) is 32.8. The summed E-state index contributed by atoms with van der Waals surface area (Å²) in [5.41, 5.74) is 4.66. The third-order valence-electron chi connectivity index (χ3n) is 6.07. The maximum absolute atomic E-state index is 13.3. The van der Waals surface area contributed by atoms with Crippen LogP contribution in [-0.2, 0) is 29.1 Å². The molecule has 0 radical (unpaired) electrons. The number of likely N-dealkylation sites (tertiary alicyclic amines) is 1. The molecular formula is C23H23N3O2. The van der Waals surface area contributed by atoms with E-state index in [2.05, 4.69) is 29.2 Å². The third kappa shape index (κ3) is 2.87. The van der Waals surface area contributed by atoms with Gasteiger partial charge < -0.3 is 14.8 Å². The lowest BCUT2D eigenvalue weighted by molar-refractivity contribution is -0.142. The summed E-state index contributed by atoms with van der Waals surface area (Å²) in [5.74, 6) is 0.154. The number of hydrogen-bond donors (Lipinski definition) is 1. The molecule has 142 valence electrons. The van der Waals surface area contributed by atoms with Crippen molar-refractivity contribution in [3.8, 4) is 0 Å². The first kappa shape index (κ1) is 17.0. The Bertz CT molecular complexity index is 1050. The van der Waals surface area contributed by atoms with Gasteiger partial charge in [0.1, 0.15) is 6.04 Å². The first-order chi connectivity index (χ1) is 13.7. The molecule has 1 fully saturated rings. The maximum Gasteiger partial charge on any atom is 0.245 e. The number of amides is 2. The number of carbonyl (C=O) groups excluding carboxylic acids is 2. The molecule has 2 aromatic carbocycles. The van der Waals surface area contributed by atoms with Crippen LogP contribution in [0.3, 0.4) is 0 Å². The van der Waals surface area contributed by atoms with Gasteiger partial charge in [-0.2, -0.15) is 0 Å². The molecule has 1 unspecified atom stereocenters. The number of carbonyl (C=O) groups is 2. The van der Waals surface area contributed by atoms with E-state index in [0.717, 1.165) is 29.4 Å². The quantitative estimate of drug-likeness (QED) is 0.766. The summed E-state index contributed by atoms with van der Waals surface area (Å²) < 4.78 is 0. The minimum absolute atomic E-state index is 0.0704. The highest BCUT2D eigenvalue weighted by molar-refractivity contribution is 5.91. The zero-order chi connectivity index (χ0) is 19.1. The topological polar surface area (TPSA) is 56.4 Å². The molecule has 3 aromatic rings. The van der Waals surface area contributed by atoms with Gasteiger partial charge in [-0.15, -0.1) is 0 Å². The molecule has 0 aliphatic carbocycles. The Kier molecular flexibility index (Phi) is 4.15. The van der Waals surface area contributed by atoms with E-state index in [4.69, 9.17) is 0 Å². The van der Waals surface area contributed by atoms with Crippen LogP contribution in [0.2, 0.25) is 0 Å². The van der Waals surface area contributed by atoms with E-state index in [1.165, 1.54) is 11.1 Å². The first-order valence-electron chi connectivity index (χ1n) is 9.91. The second-order valence-electron chi connectivity index (χ2n) is 7.71. The predicted octanol–water partition coefficient (Wildman–Crippen LogP) is 3.24. The molecule has 1 aromatic heterocycles. The fraction of sp³-hybridized carbons (Fsp3) is 0.304. The molecule has 1 atom stereocenters. The molecule has 2 aliphatic rings. The van der Waals surface area contributed by atoms with Crippen molar-refractivity contribution >= 4 is 22.7 Å². The van der Waals surface area contributed by atoms with Crippen LogP contribution in [-0.4, -0.2) is 39.2 Å². The molecular weight excluding hydrogens is 350 g/mol. The fourth-order valence-corrected chi connectivity index (χ4v) is 4.53. The van der Waals surface area contributed by atoms with E-state index in [-0.39, 0.29) is 17.9 Å². The zero-order valence-electron chi connectivity index (χ0n) is 15.7. The van der Waals surface area contributed by atoms with Gasteiger partial charge in [-0.3, -0.25) is 9.59 Å². The van der Waals surface area contributed by atoms with Gasteiger partial charge in [-0.1, -0.05) is 42.5 Å². The van der Waals surface area contributed by atoms with Crippen LogP contribution < -0.4 is 0 Å². The van der Waals surface area contributed by atoms with Gasteiger partial charge >= 0.3 is 0 Å². The number of nitrogens with zero attached hydrogens (tertiary/aromatic N) is 2. The number of H-pyrrole nitrogens is 1. The highest BCUT2D eigenvalue weighted by Gasteiger charge is 2.39. The highest BCUT2D eigenvalue weighted by Crippen LogP contribution is 2.28. The van der Waals surface area contributed by atoms with Crippen molar-refractivity contribution in [3.63, 3.8) is 0 Å². The summed E-state index contributed by atoms with van der Waals surface area (Å²) in [6, 6.07) is 16.0. The Balaban J connectivity index is 1.37. The summed E-state index contributed by atoms with van der Waals surface area (Å²) in [6.45, 7) is 1.84. The minimum Gasteiger partial charge on any atom is -0.361 e. The van der Waals surface area contributed by atoms with Crippen LogP contribution >= 0.6 is 0 Å². The average molecular weight is 373 g/mol. The number of aromatic nitrogens is 1. The molecule has 0 spiro atoms. The molecule has 0 saturated carbocycles. The lowest BCUT2D eigenvalue weighted by Crippen LogP contribution is -2.47. The Morgan fingerprint density at radius 3 is 2.71 bits per heavy atom. The van der Waals surface area contributed by atoms with E-state index in [0.29, 0.717) is 25.9 Å². The van der Waals surface area contributed by atoms with E-state index >= 15 is 0 Å². The standard InChI is InChI=1S/C23H23N3O2/c27-22-10-9-21(23(28)25-12-11-16-5-1-2-6-17(16)14-25)26(22)15-18-13-24-20-8-4-3-7-19(18)20/h1-8,13,21,24H,9-12,14-15H2. The Labute approximate surface area is 163 Å². The van der Waals surface area contributed by atoms with Crippen LogP contribution in [0.15, 0.2) is 54.7 Å². The van der Waals surface area contributed by atoms with Gasteiger partial charge in [-0.25, -0.2) is 0 Å². The summed E-state index contributed by atoms with van der Waals surface area (Å²) in [6.07, 6.45) is 3.89. The van der Waals surface area contributed by atoms with E-state index in [1.807, 2.05) is 35.4 Å². The normalized spacial score (nSPS) is 19.3. The third-order valence-corrected chi connectivity index (χ3v) is 6.07. The number of hydrogen-bond acceptors (Lipinski definition) is 2. The van der Waals surface area contributed by atoms with Crippen molar-refractivity contribution in [2.45, 2.75) is 38.4 Å². The van der Waals surface area contributed by atoms with Crippen molar-refractivity contribution in [1.29, 1.82) is 0 Å². The Hall–Kier alpha value is -3.08. The highest BCUT2D eigenvalue weighted by atomic mass is 16.2. The van der Waals surface area contributed by atoms with Crippen molar-refractivity contribution in [3.05, 3.63) is 71.4 Å². The number of fused-ring (bicyclic) bond motifs is 2. The number of benzene rings is 2. The monoisotopic (exact) mass is 373 g/mol. The van der Waals surface area contributed by atoms with E-state index in [1.54, 1.807) is 4.90 Å². The second-order valence-corrected chi connectivity index (χ2v) is 7.71. The molecule has 5 heteroatoms. The maximum atomic E-state index is 13.3. The number of rotatable bonds is 3. The van der Waals surface area contributed by atoms with Crippen molar-refractivity contribution < 1.29 is 9.59 Å². The van der Waals surface area contributed by atoms with Gasteiger partial charge in [0.15, 0.2) is 0 Å². The van der Waals surface area contributed by atoms with Gasteiger partial charge in [0.25, 0.3) is 0 Å². The summed E-state index contributed by atoms with van der Waals surface area (Å²) in [5, 5.41) is 1.11. The fourth-order valence-electron chi connectivity index (χ4n) is 4.53. The lowest BCUT2D eigenvalue weighted by atomic mass is 9.99. The molecule has 1 saturated heterocycles. The SMILES string of the molecule is O=C(C1CCC(=O)N1Cc1c[nH]c2ccccc12)N1CCc2ccccc2C1. The summed E-state index contributed by atoms with van der Waals surface area (Å²) in [7, 11) is 0. The first-order valence-corrected chi connectivity index (χ1v) is 9.91. The van der Waals surface area contributed by atoms with Crippen LogP contribution in [0.25, 0.3) is 10.9 Å². The van der Waals surface area contributed by atoms with Crippen LogP contribution in [0.1, 0.15) is 29.5 Å². The molecule has 2 aliphatic heterocycles. The Morgan fingerprint density at radius 1 is 1.04 bits per heavy atom. The smallest absolute Gasteiger partial charge is 0.245 e. The van der Waals surface area contributed by atoms with Crippen LogP contribution in [0.4, 0.5) is 0 Å². The molecule has 0 bridgehead atoms. The zero-order valence-corrected chi connectivity index (χ0v) is 15.7. The molecule has 5 nitrogen and oxygen atoms in total. The van der Waals surface area contributed by atoms with Crippen LogP contribution in [0.5, 0.6) is 0 Å². The number of para-hydroxylation sites is 1. The molecule has 5 rings (SSSR count). The molecule has 3 heterocycles. The van der Waals surface area contributed by atoms with Gasteiger partial charge in [0.2, 0.25) is 11.8 Å². The largest absolute Gasteiger partial charge is 0.361 e. The number of nitrogens with one attached hydrogen (secondary N) is 1. The van der Waals surface area contributed by atoms with E-state index < -0.39 is 0 Å². The molecule has 28 heavy (non-hydrogen) atoms. The predicted molar refractivity (Wildman–Crippen MR) is 107 cm³/mol. The summed E-state index contributed by atoms with van der Waals surface area (Å²) >= 11 is 0.